The van der Waals surface area contributed by atoms with E-state index in [1.54, 1.807) is 24.3 Å². The van der Waals surface area contributed by atoms with Gasteiger partial charge in [0.25, 0.3) is 0 Å². The molecule has 2 aromatic rings. The van der Waals surface area contributed by atoms with Crippen LogP contribution in [0.25, 0.3) is 0 Å². The molecule has 0 aliphatic heterocycles. The van der Waals surface area contributed by atoms with E-state index < -0.39 is 18.0 Å². The number of halogens is 2. The van der Waals surface area contributed by atoms with Crippen LogP contribution in [0.3, 0.4) is 0 Å². The van der Waals surface area contributed by atoms with Crippen molar-refractivity contribution in [1.29, 1.82) is 0 Å². The SMILES string of the molecule is C#CC(OC(=O)C(C(C)C)C(C=C(Cl)Cl)CC)c1cccc(Oc2ccccc2)n1. The molecule has 0 spiro atoms. The summed E-state index contributed by atoms with van der Waals surface area (Å²) < 4.78 is 11.5. The lowest BCUT2D eigenvalue weighted by atomic mass is 9.82. The van der Waals surface area contributed by atoms with Crippen molar-refractivity contribution in [3.8, 4) is 24.0 Å². The number of ether oxygens (including phenoxy) is 2. The van der Waals surface area contributed by atoms with Gasteiger partial charge < -0.3 is 9.47 Å². The number of rotatable bonds is 9. The molecule has 0 saturated carbocycles. The molecule has 0 saturated heterocycles. The van der Waals surface area contributed by atoms with E-state index in [-0.39, 0.29) is 16.3 Å². The molecule has 3 atom stereocenters. The van der Waals surface area contributed by atoms with Crippen LogP contribution in [0.1, 0.15) is 39.0 Å². The Hall–Kier alpha value is -2.48. The smallest absolute Gasteiger partial charge is 0.311 e. The summed E-state index contributed by atoms with van der Waals surface area (Å²) in [6.07, 6.45) is 7.07. The Morgan fingerprint density at radius 1 is 1.17 bits per heavy atom. The number of carbonyl (C=O) groups excluding carboxylic acids is 1. The Labute approximate surface area is 188 Å². The highest BCUT2D eigenvalue weighted by Crippen LogP contribution is 2.31. The van der Waals surface area contributed by atoms with E-state index in [0.29, 0.717) is 23.7 Å². The molecule has 1 heterocycles. The van der Waals surface area contributed by atoms with Crippen LogP contribution in [0.2, 0.25) is 0 Å². The van der Waals surface area contributed by atoms with Crippen LogP contribution >= 0.6 is 23.2 Å². The summed E-state index contributed by atoms with van der Waals surface area (Å²) in [5, 5.41) is 0. The van der Waals surface area contributed by atoms with Crippen LogP contribution in [0, 0.1) is 30.1 Å². The highest BCUT2D eigenvalue weighted by molar-refractivity contribution is 6.55. The summed E-state index contributed by atoms with van der Waals surface area (Å²) in [7, 11) is 0. The van der Waals surface area contributed by atoms with Gasteiger partial charge in [-0.05, 0) is 36.5 Å². The zero-order valence-corrected chi connectivity index (χ0v) is 18.7. The van der Waals surface area contributed by atoms with Gasteiger partial charge in [-0.1, -0.05) is 80.2 Å². The standard InChI is InChI=1S/C24H25Cl2NO3/c1-5-17(15-21(25)26)23(16(3)4)24(28)30-20(6-2)19-13-10-14-22(27-19)29-18-11-8-7-9-12-18/h2,7-17,20,23H,5H2,1,3-4H3. The fourth-order valence-electron chi connectivity index (χ4n) is 3.20. The molecule has 0 N–H and O–H groups in total. The maximum absolute atomic E-state index is 13.0. The monoisotopic (exact) mass is 445 g/mol. The van der Waals surface area contributed by atoms with Gasteiger partial charge in [-0.3, -0.25) is 4.79 Å². The van der Waals surface area contributed by atoms with Gasteiger partial charge in [0.2, 0.25) is 12.0 Å². The fraction of sp³-hybridized carbons (Fsp3) is 0.333. The minimum Gasteiger partial charge on any atom is -0.442 e. The van der Waals surface area contributed by atoms with E-state index in [1.807, 2.05) is 51.1 Å². The lowest BCUT2D eigenvalue weighted by Crippen LogP contribution is -2.30. The molecule has 158 valence electrons. The maximum Gasteiger partial charge on any atom is 0.311 e. The highest BCUT2D eigenvalue weighted by Gasteiger charge is 2.32. The van der Waals surface area contributed by atoms with Crippen LogP contribution in [0.15, 0.2) is 59.1 Å². The van der Waals surface area contributed by atoms with Crippen molar-refractivity contribution in [2.24, 2.45) is 17.8 Å². The van der Waals surface area contributed by atoms with Gasteiger partial charge in [-0.15, -0.1) is 6.42 Å². The van der Waals surface area contributed by atoms with Crippen molar-refractivity contribution < 1.29 is 14.3 Å². The van der Waals surface area contributed by atoms with Crippen LogP contribution in [-0.2, 0) is 9.53 Å². The van der Waals surface area contributed by atoms with Crippen LogP contribution in [0.4, 0.5) is 0 Å². The largest absolute Gasteiger partial charge is 0.442 e. The van der Waals surface area contributed by atoms with E-state index in [2.05, 4.69) is 10.9 Å². The molecular weight excluding hydrogens is 421 g/mol. The van der Waals surface area contributed by atoms with Crippen molar-refractivity contribution >= 4 is 29.2 Å². The second-order valence-corrected chi connectivity index (χ2v) is 8.11. The Balaban J connectivity index is 2.21. The number of terminal acetylenes is 1. The van der Waals surface area contributed by atoms with Gasteiger partial charge >= 0.3 is 5.97 Å². The van der Waals surface area contributed by atoms with Crippen molar-refractivity contribution in [3.63, 3.8) is 0 Å². The predicted octanol–water partition coefficient (Wildman–Crippen LogP) is 6.71. The van der Waals surface area contributed by atoms with Crippen LogP contribution < -0.4 is 4.74 Å². The summed E-state index contributed by atoms with van der Waals surface area (Å²) in [6, 6.07) is 14.4. The molecule has 30 heavy (non-hydrogen) atoms. The highest BCUT2D eigenvalue weighted by atomic mass is 35.5. The summed E-state index contributed by atoms with van der Waals surface area (Å²) in [5.74, 6) is 2.49. The van der Waals surface area contributed by atoms with E-state index in [0.717, 1.165) is 0 Å². The second-order valence-electron chi connectivity index (χ2n) is 7.10. The number of aromatic nitrogens is 1. The average molecular weight is 446 g/mol. The van der Waals surface area contributed by atoms with Gasteiger partial charge in [-0.2, -0.15) is 0 Å². The molecule has 2 rings (SSSR count). The quantitative estimate of drug-likeness (QED) is 0.317. The number of hydrogen-bond acceptors (Lipinski definition) is 4. The summed E-state index contributed by atoms with van der Waals surface area (Å²) in [6.45, 7) is 5.86. The molecule has 1 aromatic carbocycles. The predicted molar refractivity (Wildman–Crippen MR) is 120 cm³/mol. The first-order valence-electron chi connectivity index (χ1n) is 9.75. The second kappa shape index (κ2) is 11.6. The van der Waals surface area contributed by atoms with Gasteiger partial charge in [0.1, 0.15) is 10.2 Å². The Morgan fingerprint density at radius 2 is 1.87 bits per heavy atom. The van der Waals surface area contributed by atoms with E-state index in [1.165, 1.54) is 0 Å². The van der Waals surface area contributed by atoms with Crippen LogP contribution in [0.5, 0.6) is 11.6 Å². The number of esters is 1. The number of carbonyl (C=O) groups is 1. The van der Waals surface area contributed by atoms with E-state index >= 15 is 0 Å². The molecule has 6 heteroatoms. The fourth-order valence-corrected chi connectivity index (χ4v) is 3.52. The third-order valence-electron chi connectivity index (χ3n) is 4.63. The summed E-state index contributed by atoms with van der Waals surface area (Å²) in [4.78, 5) is 17.4. The van der Waals surface area contributed by atoms with Crippen molar-refractivity contribution in [3.05, 3.63) is 64.8 Å². The molecule has 0 radical (unpaired) electrons. The number of hydrogen-bond donors (Lipinski definition) is 0. The lowest BCUT2D eigenvalue weighted by molar-refractivity contribution is -0.155. The number of pyridine rings is 1. The van der Waals surface area contributed by atoms with Crippen molar-refractivity contribution in [1.82, 2.24) is 4.98 Å². The molecule has 0 aliphatic rings. The van der Waals surface area contributed by atoms with E-state index in [9.17, 15) is 4.79 Å². The first-order chi connectivity index (χ1) is 14.3. The number of benzene rings is 1. The Kier molecular flexibility index (Phi) is 9.23. The number of para-hydroxylation sites is 1. The third-order valence-corrected chi connectivity index (χ3v) is 4.88. The molecule has 0 fully saturated rings. The van der Waals surface area contributed by atoms with Crippen molar-refractivity contribution in [2.45, 2.75) is 33.3 Å². The molecule has 1 aromatic heterocycles. The Morgan fingerprint density at radius 3 is 2.43 bits per heavy atom. The summed E-state index contributed by atoms with van der Waals surface area (Å²) >= 11 is 11.7. The molecular formula is C24H25Cl2NO3. The molecule has 4 nitrogen and oxygen atoms in total. The van der Waals surface area contributed by atoms with Crippen molar-refractivity contribution in [2.75, 3.05) is 0 Å². The van der Waals surface area contributed by atoms with Crippen LogP contribution in [-0.4, -0.2) is 11.0 Å². The number of allylic oxidation sites excluding steroid dienone is 1. The van der Waals surface area contributed by atoms with Gasteiger partial charge in [0.15, 0.2) is 0 Å². The molecule has 0 aliphatic carbocycles. The van der Waals surface area contributed by atoms with E-state index in [4.69, 9.17) is 39.1 Å². The first-order valence-corrected chi connectivity index (χ1v) is 10.5. The van der Waals surface area contributed by atoms with Gasteiger partial charge in [-0.25, -0.2) is 4.98 Å². The molecule has 0 amide bonds. The molecule has 0 bridgehead atoms. The average Bonchev–Trinajstić information content (AvgIpc) is 2.71. The normalized spacial score (nSPS) is 13.6. The Bertz CT molecular complexity index is 902. The first kappa shape index (κ1) is 23.8. The third kappa shape index (κ3) is 6.79. The van der Waals surface area contributed by atoms with Gasteiger partial charge in [0, 0.05) is 6.07 Å². The summed E-state index contributed by atoms with van der Waals surface area (Å²) in [5.41, 5.74) is 0.417. The zero-order chi connectivity index (χ0) is 22.1. The molecule has 3 unspecified atom stereocenters. The minimum absolute atomic E-state index is 0.00511. The number of nitrogens with zero attached hydrogens (tertiary/aromatic N) is 1. The lowest BCUT2D eigenvalue weighted by Gasteiger charge is -2.27. The van der Waals surface area contributed by atoms with Gasteiger partial charge in [0.05, 0.1) is 11.6 Å². The maximum atomic E-state index is 13.0. The zero-order valence-electron chi connectivity index (χ0n) is 17.2. The topological polar surface area (TPSA) is 48.4 Å². The minimum atomic E-state index is -0.939.